The van der Waals surface area contributed by atoms with E-state index in [9.17, 15) is 0 Å². The fraction of sp³-hybridized carbons (Fsp3) is 0.364. The van der Waals surface area contributed by atoms with E-state index >= 15 is 0 Å². The van der Waals surface area contributed by atoms with E-state index in [1.807, 2.05) is 18.2 Å². The van der Waals surface area contributed by atoms with E-state index in [0.29, 0.717) is 6.61 Å². The van der Waals surface area contributed by atoms with Crippen LogP contribution in [-0.4, -0.2) is 31.6 Å². The van der Waals surface area contributed by atoms with Gasteiger partial charge in [0.25, 0.3) is 0 Å². The molecule has 0 spiro atoms. The molecular formula is C11H11BrN2O2. The van der Waals surface area contributed by atoms with Gasteiger partial charge in [-0.15, -0.1) is 0 Å². The molecule has 0 amide bonds. The lowest BCUT2D eigenvalue weighted by atomic mass is 10.2. The lowest BCUT2D eigenvalue weighted by Crippen LogP contribution is -2.42. The topological polar surface area (TPSA) is 42.8 Å². The highest BCUT2D eigenvalue weighted by Crippen LogP contribution is 2.34. The quantitative estimate of drug-likeness (QED) is 0.851. The molecule has 1 unspecified atom stereocenters. The van der Waals surface area contributed by atoms with Gasteiger partial charge in [0.05, 0.1) is 6.54 Å². The van der Waals surface area contributed by atoms with Crippen LogP contribution in [0.25, 0.3) is 0 Å². The maximum absolute atomic E-state index is 5.85. The maximum Gasteiger partial charge on any atom is 0.189 e. The van der Waals surface area contributed by atoms with Crippen LogP contribution in [0.15, 0.2) is 27.7 Å². The summed E-state index contributed by atoms with van der Waals surface area (Å²) in [6.45, 7) is 2.22. The van der Waals surface area contributed by atoms with Crippen LogP contribution in [0.1, 0.15) is 0 Å². The zero-order valence-corrected chi connectivity index (χ0v) is 10.2. The summed E-state index contributed by atoms with van der Waals surface area (Å²) in [4.78, 5) is 4.34. The number of fused-ring (bicyclic) bond motifs is 1. The molecule has 0 radical (unpaired) electrons. The zero-order chi connectivity index (χ0) is 11.0. The average molecular weight is 283 g/mol. The van der Waals surface area contributed by atoms with E-state index < -0.39 is 0 Å². The van der Waals surface area contributed by atoms with Gasteiger partial charge in [0.15, 0.2) is 17.6 Å². The SMILES string of the molecule is Brc1ccc2c(c1)OC(C1=NCCN1)CO2. The fourth-order valence-electron chi connectivity index (χ4n) is 1.81. The Balaban J connectivity index is 1.85. The number of ether oxygens (including phenoxy) is 2. The normalized spacial score (nSPS) is 22.6. The number of amidine groups is 1. The summed E-state index contributed by atoms with van der Waals surface area (Å²) in [6, 6.07) is 5.75. The summed E-state index contributed by atoms with van der Waals surface area (Å²) in [6.07, 6.45) is -0.107. The Bertz CT molecular complexity index is 448. The van der Waals surface area contributed by atoms with Crippen LogP contribution in [0.2, 0.25) is 0 Å². The molecule has 4 nitrogen and oxygen atoms in total. The van der Waals surface area contributed by atoms with Gasteiger partial charge in [-0.1, -0.05) is 15.9 Å². The molecule has 0 bridgehead atoms. The van der Waals surface area contributed by atoms with Gasteiger partial charge >= 0.3 is 0 Å². The molecule has 0 aromatic heterocycles. The number of nitrogens with one attached hydrogen (secondary N) is 1. The van der Waals surface area contributed by atoms with Crippen LogP contribution >= 0.6 is 15.9 Å². The maximum atomic E-state index is 5.85. The Morgan fingerprint density at radius 2 is 2.31 bits per heavy atom. The molecule has 3 rings (SSSR count). The van der Waals surface area contributed by atoms with Crippen molar-refractivity contribution in [2.45, 2.75) is 6.10 Å². The van der Waals surface area contributed by atoms with E-state index in [-0.39, 0.29) is 6.10 Å². The minimum absolute atomic E-state index is 0.107. The standard InChI is InChI=1S/C11H11BrN2O2/c12-7-1-2-8-9(5-7)16-10(6-15-8)11-13-3-4-14-11/h1-2,5,10H,3-4,6H2,(H,13,14). The van der Waals surface area contributed by atoms with Gasteiger partial charge in [0.1, 0.15) is 12.4 Å². The monoisotopic (exact) mass is 282 g/mol. The summed E-state index contributed by atoms with van der Waals surface area (Å²) < 4.78 is 12.5. The summed E-state index contributed by atoms with van der Waals surface area (Å²) >= 11 is 3.41. The fourth-order valence-corrected chi connectivity index (χ4v) is 2.15. The van der Waals surface area contributed by atoms with Gasteiger partial charge in [-0.3, -0.25) is 4.99 Å². The third-order valence-corrected chi connectivity index (χ3v) is 3.06. The van der Waals surface area contributed by atoms with Gasteiger partial charge in [-0.05, 0) is 18.2 Å². The number of hydrogen-bond donors (Lipinski definition) is 1. The third-order valence-electron chi connectivity index (χ3n) is 2.57. The smallest absolute Gasteiger partial charge is 0.189 e. The van der Waals surface area contributed by atoms with Gasteiger partial charge < -0.3 is 14.8 Å². The molecule has 84 valence electrons. The molecule has 5 heteroatoms. The number of rotatable bonds is 1. The number of hydrogen-bond acceptors (Lipinski definition) is 4. The van der Waals surface area contributed by atoms with Crippen molar-refractivity contribution in [1.29, 1.82) is 0 Å². The van der Waals surface area contributed by atoms with Crippen LogP contribution in [0.3, 0.4) is 0 Å². The second-order valence-electron chi connectivity index (χ2n) is 3.70. The minimum Gasteiger partial charge on any atom is -0.485 e. The van der Waals surface area contributed by atoms with Gasteiger partial charge in [-0.2, -0.15) is 0 Å². The Hall–Kier alpha value is -1.23. The Morgan fingerprint density at radius 3 is 3.12 bits per heavy atom. The van der Waals surface area contributed by atoms with Gasteiger partial charge in [0, 0.05) is 11.0 Å². The summed E-state index contributed by atoms with van der Waals surface area (Å²) in [5.74, 6) is 2.45. The van der Waals surface area contributed by atoms with E-state index in [0.717, 1.165) is 34.9 Å². The van der Waals surface area contributed by atoms with Crippen LogP contribution in [0.5, 0.6) is 11.5 Å². The Morgan fingerprint density at radius 1 is 1.38 bits per heavy atom. The van der Waals surface area contributed by atoms with Crippen molar-refractivity contribution in [3.63, 3.8) is 0 Å². The zero-order valence-electron chi connectivity index (χ0n) is 8.57. The second kappa shape index (κ2) is 3.97. The number of benzene rings is 1. The molecule has 2 aliphatic rings. The van der Waals surface area contributed by atoms with Crippen LogP contribution in [0, 0.1) is 0 Å². The van der Waals surface area contributed by atoms with Crippen molar-refractivity contribution in [1.82, 2.24) is 5.32 Å². The number of aliphatic imine (C=N–C) groups is 1. The average Bonchev–Trinajstić information content (AvgIpc) is 2.81. The highest BCUT2D eigenvalue weighted by Gasteiger charge is 2.27. The van der Waals surface area contributed by atoms with Crippen LogP contribution < -0.4 is 14.8 Å². The van der Waals surface area contributed by atoms with Crippen LogP contribution in [0.4, 0.5) is 0 Å². The largest absolute Gasteiger partial charge is 0.485 e. The molecule has 1 aromatic carbocycles. The van der Waals surface area contributed by atoms with Gasteiger partial charge in [0.2, 0.25) is 0 Å². The van der Waals surface area contributed by atoms with E-state index in [1.165, 1.54) is 0 Å². The summed E-state index contributed by atoms with van der Waals surface area (Å²) in [5, 5.41) is 3.21. The molecular weight excluding hydrogens is 272 g/mol. The highest BCUT2D eigenvalue weighted by atomic mass is 79.9. The van der Waals surface area contributed by atoms with Crippen molar-refractivity contribution in [2.75, 3.05) is 19.7 Å². The van der Waals surface area contributed by atoms with Crippen molar-refractivity contribution < 1.29 is 9.47 Å². The Kier molecular flexibility index (Phi) is 2.47. The molecule has 0 saturated carbocycles. The predicted octanol–water partition coefficient (Wildman–Crippen LogP) is 1.59. The third kappa shape index (κ3) is 1.75. The number of nitrogens with zero attached hydrogens (tertiary/aromatic N) is 1. The molecule has 1 atom stereocenters. The van der Waals surface area contributed by atoms with Crippen molar-refractivity contribution in [3.8, 4) is 11.5 Å². The molecule has 1 aromatic rings. The van der Waals surface area contributed by atoms with E-state index in [2.05, 4.69) is 26.2 Å². The number of halogens is 1. The molecule has 0 fully saturated rings. The molecule has 0 aliphatic carbocycles. The lowest BCUT2D eigenvalue weighted by molar-refractivity contribution is 0.133. The molecule has 0 saturated heterocycles. The first-order valence-corrected chi connectivity index (χ1v) is 5.99. The van der Waals surface area contributed by atoms with Crippen LogP contribution in [-0.2, 0) is 0 Å². The van der Waals surface area contributed by atoms with E-state index in [1.54, 1.807) is 0 Å². The first kappa shape index (κ1) is 9.96. The Labute approximate surface area is 102 Å². The van der Waals surface area contributed by atoms with Crippen molar-refractivity contribution >= 4 is 21.8 Å². The first-order valence-electron chi connectivity index (χ1n) is 5.20. The van der Waals surface area contributed by atoms with E-state index in [4.69, 9.17) is 9.47 Å². The van der Waals surface area contributed by atoms with Crippen molar-refractivity contribution in [2.24, 2.45) is 4.99 Å². The molecule has 16 heavy (non-hydrogen) atoms. The van der Waals surface area contributed by atoms with Crippen molar-refractivity contribution in [3.05, 3.63) is 22.7 Å². The predicted molar refractivity (Wildman–Crippen MR) is 64.4 cm³/mol. The first-order chi connectivity index (χ1) is 7.83. The van der Waals surface area contributed by atoms with Gasteiger partial charge in [-0.25, -0.2) is 0 Å². The highest BCUT2D eigenvalue weighted by molar-refractivity contribution is 9.10. The minimum atomic E-state index is -0.107. The second-order valence-corrected chi connectivity index (χ2v) is 4.62. The molecule has 1 N–H and O–H groups in total. The summed E-state index contributed by atoms with van der Waals surface area (Å²) in [5.41, 5.74) is 0. The molecule has 2 heterocycles. The lowest BCUT2D eigenvalue weighted by Gasteiger charge is -2.26. The molecule has 2 aliphatic heterocycles. The summed E-state index contributed by atoms with van der Waals surface area (Å²) in [7, 11) is 0.